The molecule has 46 heavy (non-hydrogen) atoms. The van der Waals surface area contributed by atoms with Crippen molar-refractivity contribution in [3.05, 3.63) is 0 Å². The molecule has 5 nitrogen and oxygen atoms in total. The van der Waals surface area contributed by atoms with Crippen LogP contribution in [0.3, 0.4) is 0 Å². The first-order valence-corrected chi connectivity index (χ1v) is 20.6. The monoisotopic (exact) mass is 652 g/mol. The van der Waals surface area contributed by atoms with Crippen LogP contribution in [-0.2, 0) is 19.1 Å². The number of carbonyl (C=O) groups excluding carboxylic acids is 2. The van der Waals surface area contributed by atoms with Crippen molar-refractivity contribution in [1.29, 1.82) is 0 Å². The third kappa shape index (κ3) is 32.8. The van der Waals surface area contributed by atoms with Gasteiger partial charge in [-0.3, -0.25) is 9.59 Å². The summed E-state index contributed by atoms with van der Waals surface area (Å²) in [6.45, 7) is 13.1. The van der Waals surface area contributed by atoms with E-state index in [1.54, 1.807) is 0 Å². The number of esters is 2. The summed E-state index contributed by atoms with van der Waals surface area (Å²) in [6.07, 6.45) is 35.0. The van der Waals surface area contributed by atoms with Crippen LogP contribution in [0.5, 0.6) is 0 Å². The highest BCUT2D eigenvalue weighted by Crippen LogP contribution is 2.18. The van der Waals surface area contributed by atoms with Crippen LogP contribution in [0.15, 0.2) is 0 Å². The molecule has 0 heterocycles. The van der Waals surface area contributed by atoms with Gasteiger partial charge in [-0.1, -0.05) is 143 Å². The number of nitrogens with zero attached hydrogens (tertiary/aromatic N) is 1. The lowest BCUT2D eigenvalue weighted by atomic mass is 10.0. The summed E-state index contributed by atoms with van der Waals surface area (Å²) >= 11 is 0. The molecule has 0 unspecified atom stereocenters. The molecule has 0 rings (SSSR count). The Morgan fingerprint density at radius 1 is 0.435 bits per heavy atom. The van der Waals surface area contributed by atoms with E-state index in [1.165, 1.54) is 128 Å². The van der Waals surface area contributed by atoms with E-state index in [4.69, 9.17) is 9.47 Å². The highest BCUT2D eigenvalue weighted by Gasteiger charge is 2.14. The van der Waals surface area contributed by atoms with Crippen LogP contribution >= 0.6 is 0 Å². The minimum Gasteiger partial charge on any atom is -0.466 e. The van der Waals surface area contributed by atoms with Crippen molar-refractivity contribution in [2.45, 2.75) is 226 Å². The zero-order valence-corrected chi connectivity index (χ0v) is 31.7. The van der Waals surface area contributed by atoms with Gasteiger partial charge in [0.05, 0.1) is 6.61 Å². The highest BCUT2D eigenvalue weighted by atomic mass is 16.5. The Morgan fingerprint density at radius 3 is 1.37 bits per heavy atom. The molecule has 0 aromatic carbocycles. The third-order valence-electron chi connectivity index (χ3n) is 9.32. The van der Waals surface area contributed by atoms with E-state index >= 15 is 0 Å². The second kappa shape index (κ2) is 36.7. The quantitative estimate of drug-likeness (QED) is 0.0494. The van der Waals surface area contributed by atoms with Crippen LogP contribution < -0.4 is 0 Å². The van der Waals surface area contributed by atoms with Crippen molar-refractivity contribution >= 4 is 11.9 Å². The fraction of sp³-hybridized carbons (Fsp3) is 0.951. The Balaban J connectivity index is 4.02. The topological polar surface area (TPSA) is 55.8 Å². The Kier molecular flexibility index (Phi) is 35.9. The first kappa shape index (κ1) is 44.9. The van der Waals surface area contributed by atoms with Gasteiger partial charge in [-0.05, 0) is 83.8 Å². The van der Waals surface area contributed by atoms with E-state index in [0.717, 1.165) is 71.0 Å². The summed E-state index contributed by atoms with van der Waals surface area (Å²) in [4.78, 5) is 27.2. The molecule has 0 radical (unpaired) electrons. The van der Waals surface area contributed by atoms with Crippen LogP contribution in [0.1, 0.15) is 220 Å². The van der Waals surface area contributed by atoms with E-state index in [0.29, 0.717) is 19.4 Å². The summed E-state index contributed by atoms with van der Waals surface area (Å²) in [5, 5.41) is 0. The van der Waals surface area contributed by atoms with Gasteiger partial charge in [0, 0.05) is 12.8 Å². The largest absolute Gasteiger partial charge is 0.466 e. The van der Waals surface area contributed by atoms with Crippen molar-refractivity contribution in [1.82, 2.24) is 4.90 Å². The zero-order chi connectivity index (χ0) is 33.8. The lowest BCUT2D eigenvalue weighted by molar-refractivity contribution is -0.150. The molecule has 0 saturated heterocycles. The summed E-state index contributed by atoms with van der Waals surface area (Å²) in [5.74, 6) is 0.0158. The van der Waals surface area contributed by atoms with E-state index < -0.39 is 0 Å². The Bertz CT molecular complexity index is 624. The number of unbranched alkanes of at least 4 members (excludes halogenated alkanes) is 20. The smallest absolute Gasteiger partial charge is 0.306 e. The normalized spacial score (nSPS) is 11.5. The maximum atomic E-state index is 12.7. The van der Waals surface area contributed by atoms with Gasteiger partial charge in [-0.2, -0.15) is 0 Å². The predicted octanol–water partition coefficient (Wildman–Crippen LogP) is 12.5. The summed E-state index contributed by atoms with van der Waals surface area (Å²) < 4.78 is 11.4. The van der Waals surface area contributed by atoms with Crippen molar-refractivity contribution in [2.24, 2.45) is 0 Å². The van der Waals surface area contributed by atoms with Gasteiger partial charge >= 0.3 is 11.9 Å². The molecule has 274 valence electrons. The first-order chi connectivity index (χ1) is 22.6. The Morgan fingerprint density at radius 2 is 0.848 bits per heavy atom. The average Bonchev–Trinajstić information content (AvgIpc) is 3.05. The molecule has 0 aliphatic carbocycles. The van der Waals surface area contributed by atoms with E-state index in [-0.39, 0.29) is 18.0 Å². The Hall–Kier alpha value is -1.10. The van der Waals surface area contributed by atoms with Crippen LogP contribution in [-0.4, -0.2) is 49.2 Å². The molecule has 0 bridgehead atoms. The van der Waals surface area contributed by atoms with Crippen molar-refractivity contribution in [3.63, 3.8) is 0 Å². The van der Waals surface area contributed by atoms with E-state index in [1.807, 2.05) is 0 Å². The molecule has 5 heteroatoms. The fourth-order valence-corrected chi connectivity index (χ4v) is 6.34. The molecule has 0 amide bonds. The molecule has 0 N–H and O–H groups in total. The van der Waals surface area contributed by atoms with Gasteiger partial charge in [0.15, 0.2) is 0 Å². The zero-order valence-electron chi connectivity index (χ0n) is 31.7. The molecule has 0 spiro atoms. The van der Waals surface area contributed by atoms with Crippen molar-refractivity contribution in [3.8, 4) is 0 Å². The second-order valence-electron chi connectivity index (χ2n) is 14.0. The fourth-order valence-electron chi connectivity index (χ4n) is 6.34. The number of hydrogen-bond donors (Lipinski definition) is 0. The Labute approximate surface area is 288 Å². The minimum atomic E-state index is -0.0182. The third-order valence-corrected chi connectivity index (χ3v) is 9.32. The van der Waals surface area contributed by atoms with E-state index in [2.05, 4.69) is 32.6 Å². The lowest BCUT2D eigenvalue weighted by Crippen LogP contribution is -2.27. The van der Waals surface area contributed by atoms with Gasteiger partial charge < -0.3 is 14.4 Å². The number of ether oxygens (including phenoxy) is 2. The van der Waals surface area contributed by atoms with Gasteiger partial charge in [0.1, 0.15) is 6.10 Å². The SMILES string of the molecule is CCCCCCCCC(CCCCCCCC)OC(=O)CCCCCCCN(CCC)CCCCCC(=O)OCCCCCCC. The molecule has 0 aromatic heterocycles. The van der Waals surface area contributed by atoms with Crippen LogP contribution in [0.25, 0.3) is 0 Å². The van der Waals surface area contributed by atoms with Gasteiger partial charge in [-0.25, -0.2) is 0 Å². The van der Waals surface area contributed by atoms with Crippen LogP contribution in [0.4, 0.5) is 0 Å². The lowest BCUT2D eigenvalue weighted by Gasteiger charge is -2.21. The molecule has 0 atom stereocenters. The van der Waals surface area contributed by atoms with Crippen LogP contribution in [0.2, 0.25) is 0 Å². The second-order valence-corrected chi connectivity index (χ2v) is 14.0. The van der Waals surface area contributed by atoms with Gasteiger partial charge in [0.2, 0.25) is 0 Å². The number of carbonyl (C=O) groups is 2. The van der Waals surface area contributed by atoms with Gasteiger partial charge in [-0.15, -0.1) is 0 Å². The summed E-state index contributed by atoms with van der Waals surface area (Å²) in [7, 11) is 0. The summed E-state index contributed by atoms with van der Waals surface area (Å²) in [6, 6.07) is 0. The molecular formula is C41H81NO4. The highest BCUT2D eigenvalue weighted by molar-refractivity contribution is 5.69. The molecule has 0 aromatic rings. The molecular weight excluding hydrogens is 570 g/mol. The number of hydrogen-bond acceptors (Lipinski definition) is 5. The van der Waals surface area contributed by atoms with Gasteiger partial charge in [0.25, 0.3) is 0 Å². The minimum absolute atomic E-state index is 0.0182. The molecule has 0 saturated carbocycles. The predicted molar refractivity (Wildman–Crippen MR) is 198 cm³/mol. The first-order valence-electron chi connectivity index (χ1n) is 20.6. The standard InChI is InChI=1S/C41H81NO4/c1-5-9-12-15-18-24-31-39(32-25-19-16-13-10-6-2)46-41(44)34-26-20-17-21-28-36-42(35-8-4)37-29-23-27-33-40(43)45-38-30-22-14-11-7-3/h39H,5-38H2,1-4H3. The average molecular weight is 652 g/mol. The molecule has 0 fully saturated rings. The molecule has 0 aliphatic heterocycles. The maximum absolute atomic E-state index is 12.7. The van der Waals surface area contributed by atoms with Crippen LogP contribution in [0, 0.1) is 0 Å². The van der Waals surface area contributed by atoms with Crippen molar-refractivity contribution in [2.75, 3.05) is 26.2 Å². The number of rotatable bonds is 37. The maximum Gasteiger partial charge on any atom is 0.306 e. The van der Waals surface area contributed by atoms with E-state index in [9.17, 15) is 9.59 Å². The molecule has 0 aliphatic rings. The summed E-state index contributed by atoms with van der Waals surface area (Å²) in [5.41, 5.74) is 0. The van der Waals surface area contributed by atoms with Crippen molar-refractivity contribution < 1.29 is 19.1 Å².